The third-order valence-corrected chi connectivity index (χ3v) is 13.3. The molecule has 0 N–H and O–H groups in total. The van der Waals surface area contributed by atoms with Gasteiger partial charge in [0.25, 0.3) is 0 Å². The fraction of sp³-hybridized carbons (Fsp3) is 0.825. The summed E-state index contributed by atoms with van der Waals surface area (Å²) in [4.78, 5) is 38.1. The number of ether oxygens (including phenoxy) is 3. The summed E-state index contributed by atoms with van der Waals surface area (Å²) in [7, 11) is 0. The molecule has 6 nitrogen and oxygen atoms in total. The zero-order valence-electron chi connectivity index (χ0n) is 46.1. The van der Waals surface area contributed by atoms with E-state index in [9.17, 15) is 14.4 Å². The Balaban J connectivity index is 4.24. The zero-order valence-corrected chi connectivity index (χ0v) is 46.1. The van der Waals surface area contributed by atoms with E-state index in [0.717, 1.165) is 89.9 Å². The van der Waals surface area contributed by atoms with Gasteiger partial charge < -0.3 is 14.2 Å². The minimum absolute atomic E-state index is 0.0768. The number of esters is 3. The Bertz CT molecular complexity index is 1200. The van der Waals surface area contributed by atoms with Crippen LogP contribution in [0.25, 0.3) is 0 Å². The number of hydrogen-bond donors (Lipinski definition) is 0. The van der Waals surface area contributed by atoms with Crippen LogP contribution in [0.2, 0.25) is 0 Å². The van der Waals surface area contributed by atoms with Crippen LogP contribution >= 0.6 is 0 Å². The van der Waals surface area contributed by atoms with E-state index in [4.69, 9.17) is 14.2 Å². The van der Waals surface area contributed by atoms with E-state index in [-0.39, 0.29) is 31.1 Å². The molecule has 0 heterocycles. The van der Waals surface area contributed by atoms with Gasteiger partial charge in [-0.3, -0.25) is 14.4 Å². The maximum absolute atomic E-state index is 12.9. The van der Waals surface area contributed by atoms with Crippen molar-refractivity contribution in [2.75, 3.05) is 13.2 Å². The van der Waals surface area contributed by atoms with Crippen LogP contribution in [0.4, 0.5) is 0 Å². The summed E-state index contributed by atoms with van der Waals surface area (Å²) in [6.45, 7) is 6.52. The highest BCUT2D eigenvalue weighted by molar-refractivity contribution is 5.71. The third-order valence-electron chi connectivity index (χ3n) is 13.3. The van der Waals surface area contributed by atoms with Gasteiger partial charge in [0.1, 0.15) is 13.2 Å². The average molecular weight is 968 g/mol. The van der Waals surface area contributed by atoms with Crippen molar-refractivity contribution in [3.8, 4) is 0 Å². The molecule has 0 bridgehead atoms. The van der Waals surface area contributed by atoms with Crippen molar-refractivity contribution in [1.29, 1.82) is 0 Å². The molecule has 0 fully saturated rings. The quantitative estimate of drug-likeness (QED) is 0.0262. The zero-order chi connectivity index (χ0) is 50.0. The van der Waals surface area contributed by atoms with Crippen LogP contribution in [-0.4, -0.2) is 37.2 Å². The van der Waals surface area contributed by atoms with E-state index in [1.165, 1.54) is 186 Å². The van der Waals surface area contributed by atoms with Gasteiger partial charge in [-0.15, -0.1) is 0 Å². The Labute approximate surface area is 428 Å². The Morgan fingerprint density at radius 2 is 0.580 bits per heavy atom. The van der Waals surface area contributed by atoms with Crippen molar-refractivity contribution in [3.63, 3.8) is 0 Å². The van der Waals surface area contributed by atoms with Crippen LogP contribution in [0.1, 0.15) is 316 Å². The van der Waals surface area contributed by atoms with E-state index in [0.29, 0.717) is 19.3 Å². The summed E-state index contributed by atoms with van der Waals surface area (Å²) in [5, 5.41) is 0. The van der Waals surface area contributed by atoms with Gasteiger partial charge in [0, 0.05) is 19.3 Å². The molecule has 1 unspecified atom stereocenters. The van der Waals surface area contributed by atoms with Crippen LogP contribution in [0.3, 0.4) is 0 Å². The Kier molecular flexibility index (Phi) is 55.7. The molecule has 0 aliphatic rings. The molecule has 0 aliphatic carbocycles. The van der Waals surface area contributed by atoms with Gasteiger partial charge >= 0.3 is 17.9 Å². The Morgan fingerprint density at radius 3 is 0.942 bits per heavy atom. The molecule has 6 heteroatoms. The van der Waals surface area contributed by atoms with Crippen molar-refractivity contribution < 1.29 is 28.6 Å². The van der Waals surface area contributed by atoms with Gasteiger partial charge in [0.15, 0.2) is 6.10 Å². The molecule has 69 heavy (non-hydrogen) atoms. The smallest absolute Gasteiger partial charge is 0.306 e. The molecule has 0 aromatic heterocycles. The maximum Gasteiger partial charge on any atom is 0.306 e. The molecule has 0 saturated heterocycles. The van der Waals surface area contributed by atoms with E-state index < -0.39 is 6.10 Å². The predicted octanol–water partition coefficient (Wildman–Crippen LogP) is 20.2. The fourth-order valence-corrected chi connectivity index (χ4v) is 8.79. The van der Waals surface area contributed by atoms with E-state index in [1.54, 1.807) is 0 Å². The lowest BCUT2D eigenvalue weighted by Crippen LogP contribution is -2.30. The van der Waals surface area contributed by atoms with E-state index in [1.807, 2.05) is 0 Å². The molecule has 1 atom stereocenters. The summed E-state index contributed by atoms with van der Waals surface area (Å²) in [5.41, 5.74) is 0. The first-order valence-corrected chi connectivity index (χ1v) is 30.1. The largest absolute Gasteiger partial charge is 0.462 e. The first-order valence-electron chi connectivity index (χ1n) is 30.1. The minimum Gasteiger partial charge on any atom is -0.462 e. The number of unbranched alkanes of at least 4 members (excludes halogenated alkanes) is 36. The highest BCUT2D eigenvalue weighted by Crippen LogP contribution is 2.17. The monoisotopic (exact) mass is 967 g/mol. The minimum atomic E-state index is -0.779. The SMILES string of the molecule is CC/C=C\C/C=C\C/C=C\CCCCCCCCCC(=O)OC(COC(=O)CCCCCCC/C=C\CCCC)COC(=O)CCCCCCCCCCCCCCCCCCCCCCCCC. The standard InChI is InChI=1S/C63H114O6/c1-4-7-10-13-16-19-22-24-26-28-29-30-31-32-33-35-36-38-41-44-47-50-53-56-62(65)68-59-60(58-67-61(64)55-52-49-46-43-40-21-18-15-12-9-6-3)69-63(66)57-54-51-48-45-42-39-37-34-27-25-23-20-17-14-11-8-5-2/h8,11,15,17-18,20,25,27,60H,4-7,9-10,12-14,16,19,21-24,26,28-59H2,1-3H3/b11-8-,18-15-,20-17-,27-25-. The second kappa shape index (κ2) is 57.9. The second-order valence-electron chi connectivity index (χ2n) is 20.2. The lowest BCUT2D eigenvalue weighted by molar-refractivity contribution is -0.167. The number of allylic oxidation sites excluding steroid dienone is 8. The predicted molar refractivity (Wildman–Crippen MR) is 298 cm³/mol. The molecule has 402 valence electrons. The normalized spacial score (nSPS) is 12.3. The Hall–Kier alpha value is -2.63. The summed E-state index contributed by atoms with van der Waals surface area (Å²) < 4.78 is 16.9. The van der Waals surface area contributed by atoms with Crippen LogP contribution < -0.4 is 0 Å². The molecule has 0 radical (unpaired) electrons. The van der Waals surface area contributed by atoms with Gasteiger partial charge in [-0.25, -0.2) is 0 Å². The molecule has 0 spiro atoms. The highest BCUT2D eigenvalue weighted by atomic mass is 16.6. The fourth-order valence-electron chi connectivity index (χ4n) is 8.79. The van der Waals surface area contributed by atoms with Crippen molar-refractivity contribution >= 4 is 17.9 Å². The van der Waals surface area contributed by atoms with Gasteiger partial charge in [-0.05, 0) is 70.6 Å². The van der Waals surface area contributed by atoms with Crippen molar-refractivity contribution in [3.05, 3.63) is 48.6 Å². The van der Waals surface area contributed by atoms with Crippen LogP contribution in [0, 0.1) is 0 Å². The Morgan fingerprint density at radius 1 is 0.304 bits per heavy atom. The molecule has 0 aromatic rings. The first-order chi connectivity index (χ1) is 34.0. The first kappa shape index (κ1) is 66.4. The van der Waals surface area contributed by atoms with E-state index >= 15 is 0 Å². The van der Waals surface area contributed by atoms with Crippen molar-refractivity contribution in [2.45, 2.75) is 322 Å². The maximum atomic E-state index is 12.9. The summed E-state index contributed by atoms with van der Waals surface area (Å²) in [6, 6.07) is 0. The lowest BCUT2D eigenvalue weighted by atomic mass is 10.0. The van der Waals surface area contributed by atoms with Crippen molar-refractivity contribution in [1.82, 2.24) is 0 Å². The topological polar surface area (TPSA) is 78.9 Å². The number of rotatable bonds is 55. The molecule has 0 aliphatic heterocycles. The molecule has 0 amide bonds. The molecule has 0 rings (SSSR count). The van der Waals surface area contributed by atoms with Crippen molar-refractivity contribution in [2.24, 2.45) is 0 Å². The molecular weight excluding hydrogens is 853 g/mol. The summed E-state index contributed by atoms with van der Waals surface area (Å²) >= 11 is 0. The van der Waals surface area contributed by atoms with Gasteiger partial charge in [0.05, 0.1) is 0 Å². The second-order valence-corrected chi connectivity index (χ2v) is 20.2. The highest BCUT2D eigenvalue weighted by Gasteiger charge is 2.19. The summed E-state index contributed by atoms with van der Waals surface area (Å²) in [5.74, 6) is -0.881. The average Bonchev–Trinajstić information content (AvgIpc) is 3.35. The van der Waals surface area contributed by atoms with Gasteiger partial charge in [0.2, 0.25) is 0 Å². The van der Waals surface area contributed by atoms with Crippen LogP contribution in [-0.2, 0) is 28.6 Å². The third kappa shape index (κ3) is 56.2. The summed E-state index contributed by atoms with van der Waals surface area (Å²) in [6.07, 6.45) is 71.2. The lowest BCUT2D eigenvalue weighted by Gasteiger charge is -2.18. The molecule has 0 saturated carbocycles. The molecular formula is C63H114O6. The van der Waals surface area contributed by atoms with Gasteiger partial charge in [-0.2, -0.15) is 0 Å². The number of hydrogen-bond acceptors (Lipinski definition) is 6. The van der Waals surface area contributed by atoms with Gasteiger partial charge in [-0.1, -0.05) is 275 Å². The van der Waals surface area contributed by atoms with Crippen LogP contribution in [0.5, 0.6) is 0 Å². The number of carbonyl (C=O) groups is 3. The van der Waals surface area contributed by atoms with Crippen LogP contribution in [0.15, 0.2) is 48.6 Å². The molecule has 0 aromatic carbocycles. The van der Waals surface area contributed by atoms with E-state index in [2.05, 4.69) is 69.4 Å². The number of carbonyl (C=O) groups excluding carboxylic acids is 3.